The van der Waals surface area contributed by atoms with Crippen molar-refractivity contribution in [1.82, 2.24) is 5.43 Å². The molecule has 5 heteroatoms. The van der Waals surface area contributed by atoms with Crippen molar-refractivity contribution in [2.45, 2.75) is 62.7 Å². The van der Waals surface area contributed by atoms with E-state index in [1.807, 2.05) is 0 Å². The molecular weight excluding hydrogens is 272 g/mol. The van der Waals surface area contributed by atoms with Crippen molar-refractivity contribution in [2.24, 2.45) is 11.8 Å². The van der Waals surface area contributed by atoms with Crippen molar-refractivity contribution in [3.05, 3.63) is 0 Å². The molecule has 0 radical (unpaired) electrons. The maximum atomic E-state index is 6.19. The predicted molar refractivity (Wildman–Crippen MR) is 82.7 cm³/mol. The van der Waals surface area contributed by atoms with Crippen LogP contribution in [0.3, 0.4) is 0 Å². The number of hydrazine groups is 1. The van der Waals surface area contributed by atoms with Crippen molar-refractivity contribution < 1.29 is 9.47 Å². The Morgan fingerprint density at radius 2 is 2.10 bits per heavy atom. The van der Waals surface area contributed by atoms with Gasteiger partial charge in [-0.1, -0.05) is 0 Å². The number of hydrogen-bond acceptors (Lipinski definition) is 5. The van der Waals surface area contributed by atoms with Gasteiger partial charge in [-0.05, 0) is 62.4 Å². The highest BCUT2D eigenvalue weighted by atomic mass is 32.2. The molecule has 0 aromatic rings. The van der Waals surface area contributed by atoms with E-state index in [-0.39, 0.29) is 5.60 Å². The van der Waals surface area contributed by atoms with Gasteiger partial charge in [-0.15, -0.1) is 0 Å². The van der Waals surface area contributed by atoms with Gasteiger partial charge in [-0.25, -0.2) is 0 Å². The second-order valence-corrected chi connectivity index (χ2v) is 7.77. The van der Waals surface area contributed by atoms with Crippen molar-refractivity contribution in [3.63, 3.8) is 0 Å². The number of nitrogens with two attached hydrogens (primary N) is 1. The molecule has 0 aromatic heterocycles. The molecule has 0 amide bonds. The van der Waals surface area contributed by atoms with Gasteiger partial charge in [0, 0.05) is 19.3 Å². The van der Waals surface area contributed by atoms with Crippen molar-refractivity contribution >= 4 is 11.8 Å². The van der Waals surface area contributed by atoms with E-state index in [0.717, 1.165) is 26.1 Å². The normalized spacial score (nSPS) is 35.2. The summed E-state index contributed by atoms with van der Waals surface area (Å²) >= 11 is 2.06. The van der Waals surface area contributed by atoms with Crippen molar-refractivity contribution in [3.8, 4) is 0 Å². The molecule has 3 heterocycles. The number of hydrogen-bond donors (Lipinski definition) is 2. The molecule has 1 spiro atoms. The molecule has 3 unspecified atom stereocenters. The summed E-state index contributed by atoms with van der Waals surface area (Å²) in [5.74, 6) is 8.99. The van der Waals surface area contributed by atoms with E-state index >= 15 is 0 Å². The highest BCUT2D eigenvalue weighted by Gasteiger charge is 2.41. The first kappa shape index (κ1) is 15.1. The monoisotopic (exact) mass is 300 g/mol. The second-order valence-electron chi connectivity index (χ2n) is 6.54. The molecule has 3 rings (SSSR count). The Labute approximate surface area is 126 Å². The van der Waals surface area contributed by atoms with Crippen LogP contribution in [0.5, 0.6) is 0 Å². The zero-order valence-corrected chi connectivity index (χ0v) is 13.1. The molecule has 3 atom stereocenters. The quantitative estimate of drug-likeness (QED) is 0.615. The van der Waals surface area contributed by atoms with Gasteiger partial charge < -0.3 is 9.47 Å². The van der Waals surface area contributed by atoms with E-state index in [2.05, 4.69) is 17.2 Å². The van der Waals surface area contributed by atoms with E-state index < -0.39 is 0 Å². The minimum Gasteiger partial charge on any atom is -0.378 e. The summed E-state index contributed by atoms with van der Waals surface area (Å²) in [7, 11) is 0. The molecule has 116 valence electrons. The third kappa shape index (κ3) is 3.50. The second kappa shape index (κ2) is 6.97. The summed E-state index contributed by atoms with van der Waals surface area (Å²) in [6, 6.07) is 0.383. The number of ether oxygens (including phenoxy) is 2. The minimum absolute atomic E-state index is 0.153. The summed E-state index contributed by atoms with van der Waals surface area (Å²) in [6.45, 7) is 1.83. The Morgan fingerprint density at radius 1 is 1.25 bits per heavy atom. The lowest BCUT2D eigenvalue weighted by Gasteiger charge is -2.45. The van der Waals surface area contributed by atoms with Gasteiger partial charge in [0.1, 0.15) is 0 Å². The number of rotatable bonds is 4. The number of nitrogens with one attached hydrogen (secondary N) is 1. The summed E-state index contributed by atoms with van der Waals surface area (Å²) in [5, 5.41) is 0. The Hall–Kier alpha value is 0.190. The lowest BCUT2D eigenvalue weighted by Crippen LogP contribution is -2.50. The van der Waals surface area contributed by atoms with Gasteiger partial charge in [0.15, 0.2) is 0 Å². The van der Waals surface area contributed by atoms with Gasteiger partial charge in [0.25, 0.3) is 0 Å². The Morgan fingerprint density at radius 3 is 2.80 bits per heavy atom. The smallest absolute Gasteiger partial charge is 0.0701 e. The molecule has 0 aromatic carbocycles. The maximum Gasteiger partial charge on any atom is 0.0701 e. The van der Waals surface area contributed by atoms with Gasteiger partial charge in [0.2, 0.25) is 0 Å². The molecule has 3 fully saturated rings. The molecule has 3 N–H and O–H groups in total. The fraction of sp³-hybridized carbons (Fsp3) is 1.00. The average Bonchev–Trinajstić information content (AvgIpc) is 2.98. The van der Waals surface area contributed by atoms with Crippen molar-refractivity contribution in [1.29, 1.82) is 0 Å². The van der Waals surface area contributed by atoms with E-state index in [0.29, 0.717) is 18.1 Å². The summed E-state index contributed by atoms with van der Waals surface area (Å²) in [6.07, 6.45) is 8.62. The summed E-state index contributed by atoms with van der Waals surface area (Å²) < 4.78 is 12.0. The fourth-order valence-corrected chi connectivity index (χ4v) is 5.25. The largest absolute Gasteiger partial charge is 0.378 e. The maximum absolute atomic E-state index is 6.19. The first-order valence-electron chi connectivity index (χ1n) is 8.11. The molecule has 3 saturated heterocycles. The molecular formula is C15H28N2O2S. The van der Waals surface area contributed by atoms with Crippen LogP contribution in [0.25, 0.3) is 0 Å². The molecule has 20 heavy (non-hydrogen) atoms. The van der Waals surface area contributed by atoms with Gasteiger partial charge in [-0.3, -0.25) is 11.3 Å². The van der Waals surface area contributed by atoms with Crippen LogP contribution in [-0.4, -0.2) is 42.5 Å². The van der Waals surface area contributed by atoms with Crippen LogP contribution in [0.1, 0.15) is 44.9 Å². The lowest BCUT2D eigenvalue weighted by molar-refractivity contribution is -0.109. The van der Waals surface area contributed by atoms with Gasteiger partial charge in [0.05, 0.1) is 11.7 Å². The molecule has 0 aliphatic carbocycles. The molecule has 0 saturated carbocycles. The Balaban J connectivity index is 1.58. The van der Waals surface area contributed by atoms with Gasteiger partial charge >= 0.3 is 0 Å². The topological polar surface area (TPSA) is 56.5 Å². The van der Waals surface area contributed by atoms with Crippen LogP contribution >= 0.6 is 11.8 Å². The van der Waals surface area contributed by atoms with Crippen LogP contribution in [0.4, 0.5) is 0 Å². The van der Waals surface area contributed by atoms with E-state index in [1.54, 1.807) is 0 Å². The molecule has 3 aliphatic heterocycles. The SMILES string of the molecule is NNC(CC1CCCO1)C1CCOC2(CCSCC2)C1. The summed E-state index contributed by atoms with van der Waals surface area (Å²) in [5.41, 5.74) is 3.23. The van der Waals surface area contributed by atoms with Crippen LogP contribution < -0.4 is 11.3 Å². The average molecular weight is 300 g/mol. The first-order valence-corrected chi connectivity index (χ1v) is 9.26. The first-order chi connectivity index (χ1) is 9.81. The third-order valence-electron chi connectivity index (χ3n) is 5.26. The Bertz CT molecular complexity index is 299. The zero-order valence-electron chi connectivity index (χ0n) is 12.3. The van der Waals surface area contributed by atoms with Crippen LogP contribution in [0, 0.1) is 5.92 Å². The number of thioether (sulfide) groups is 1. The fourth-order valence-electron chi connectivity index (χ4n) is 4.01. The summed E-state index contributed by atoms with van der Waals surface area (Å²) in [4.78, 5) is 0. The zero-order chi connectivity index (χ0) is 13.8. The highest BCUT2D eigenvalue weighted by molar-refractivity contribution is 7.99. The van der Waals surface area contributed by atoms with Crippen molar-refractivity contribution in [2.75, 3.05) is 24.7 Å². The minimum atomic E-state index is 0.153. The van der Waals surface area contributed by atoms with Crippen LogP contribution in [0.15, 0.2) is 0 Å². The van der Waals surface area contributed by atoms with E-state index in [9.17, 15) is 0 Å². The van der Waals surface area contributed by atoms with Crippen LogP contribution in [0.2, 0.25) is 0 Å². The predicted octanol–water partition coefficient (Wildman–Crippen LogP) is 2.08. The Kier molecular flexibility index (Phi) is 5.26. The lowest BCUT2D eigenvalue weighted by atomic mass is 9.77. The molecule has 0 bridgehead atoms. The molecule has 4 nitrogen and oxygen atoms in total. The highest BCUT2D eigenvalue weighted by Crippen LogP contribution is 2.41. The van der Waals surface area contributed by atoms with E-state index in [1.165, 1.54) is 43.6 Å². The van der Waals surface area contributed by atoms with Crippen LogP contribution in [-0.2, 0) is 9.47 Å². The van der Waals surface area contributed by atoms with E-state index in [4.69, 9.17) is 15.3 Å². The molecule has 3 aliphatic rings. The standard InChI is InChI=1S/C15H28N2O2S/c16-17-14(10-13-2-1-6-18-13)12-3-7-19-15(11-12)4-8-20-9-5-15/h12-14,17H,1-11,16H2. The third-order valence-corrected chi connectivity index (χ3v) is 6.24. The van der Waals surface area contributed by atoms with Gasteiger partial charge in [-0.2, -0.15) is 11.8 Å².